The summed E-state index contributed by atoms with van der Waals surface area (Å²) < 4.78 is 9.36. The molecule has 1 atom stereocenters. The van der Waals surface area contributed by atoms with Gasteiger partial charge in [-0.1, -0.05) is 29.3 Å². The highest BCUT2D eigenvalue weighted by Gasteiger charge is 2.23. The molecule has 0 aliphatic carbocycles. The molecule has 0 N–H and O–H groups in total. The summed E-state index contributed by atoms with van der Waals surface area (Å²) >= 11 is 0. The monoisotopic (exact) mass is 264 g/mol. The number of methoxy groups -OCH3 is 2. The van der Waals surface area contributed by atoms with Gasteiger partial charge in [0.05, 0.1) is 26.6 Å². The molecule has 0 aliphatic heterocycles. The van der Waals surface area contributed by atoms with E-state index < -0.39 is 11.9 Å². The fourth-order valence-electron chi connectivity index (χ4n) is 2.16. The summed E-state index contributed by atoms with van der Waals surface area (Å²) in [4.78, 5) is 23.0. The number of carbonyl (C=O) groups excluding carboxylic acids is 2. The van der Waals surface area contributed by atoms with Gasteiger partial charge in [0.15, 0.2) is 0 Å². The number of esters is 2. The van der Waals surface area contributed by atoms with Crippen LogP contribution in [0.2, 0.25) is 0 Å². The molecule has 0 amide bonds. The molecule has 0 aliphatic rings. The van der Waals surface area contributed by atoms with E-state index in [2.05, 4.69) is 10.8 Å². The minimum atomic E-state index is -0.501. The highest BCUT2D eigenvalue weighted by atomic mass is 16.5. The van der Waals surface area contributed by atoms with E-state index >= 15 is 0 Å². The molecule has 0 radical (unpaired) electrons. The summed E-state index contributed by atoms with van der Waals surface area (Å²) in [5.74, 6) is -1.29. The standard InChI is InChI=1S/C15H20O4/c1-10-5-11(2)7-12(6-10)8-13(15(17)19-4)9-14(16)18-3/h5-7,13H,8-9H2,1-4H3. The topological polar surface area (TPSA) is 52.6 Å². The maximum absolute atomic E-state index is 11.7. The van der Waals surface area contributed by atoms with Crippen LogP contribution in [-0.2, 0) is 25.5 Å². The van der Waals surface area contributed by atoms with Crippen molar-refractivity contribution in [1.82, 2.24) is 0 Å². The van der Waals surface area contributed by atoms with Gasteiger partial charge in [0, 0.05) is 0 Å². The Morgan fingerprint density at radius 1 is 1.05 bits per heavy atom. The molecule has 104 valence electrons. The molecule has 19 heavy (non-hydrogen) atoms. The summed E-state index contributed by atoms with van der Waals surface area (Å²) in [6.45, 7) is 4.01. The second-order valence-electron chi connectivity index (χ2n) is 4.70. The van der Waals surface area contributed by atoms with E-state index in [1.165, 1.54) is 14.2 Å². The zero-order chi connectivity index (χ0) is 14.4. The van der Waals surface area contributed by atoms with E-state index in [-0.39, 0.29) is 12.4 Å². The maximum Gasteiger partial charge on any atom is 0.309 e. The fraction of sp³-hybridized carbons (Fsp3) is 0.467. The van der Waals surface area contributed by atoms with Crippen LogP contribution in [0.3, 0.4) is 0 Å². The zero-order valence-electron chi connectivity index (χ0n) is 11.9. The van der Waals surface area contributed by atoms with Crippen LogP contribution >= 0.6 is 0 Å². The minimum Gasteiger partial charge on any atom is -0.469 e. The van der Waals surface area contributed by atoms with E-state index in [4.69, 9.17) is 4.74 Å². The number of benzene rings is 1. The Labute approximate surface area is 113 Å². The molecule has 0 saturated carbocycles. The summed E-state index contributed by atoms with van der Waals surface area (Å²) in [6, 6.07) is 6.09. The van der Waals surface area contributed by atoms with Gasteiger partial charge in [-0.05, 0) is 25.8 Å². The van der Waals surface area contributed by atoms with Crippen LogP contribution in [0.25, 0.3) is 0 Å². The number of rotatable bonds is 5. The van der Waals surface area contributed by atoms with Crippen molar-refractivity contribution in [3.05, 3.63) is 34.9 Å². The molecular weight excluding hydrogens is 244 g/mol. The Hall–Kier alpha value is -1.84. The van der Waals surface area contributed by atoms with Crippen molar-refractivity contribution in [2.75, 3.05) is 14.2 Å². The SMILES string of the molecule is COC(=O)CC(Cc1cc(C)cc(C)c1)C(=O)OC. The first-order chi connectivity index (χ1) is 8.96. The smallest absolute Gasteiger partial charge is 0.309 e. The molecule has 4 heteroatoms. The fourth-order valence-corrected chi connectivity index (χ4v) is 2.16. The third-order valence-electron chi connectivity index (χ3n) is 2.94. The molecular formula is C15H20O4. The summed E-state index contributed by atoms with van der Waals surface area (Å²) in [5, 5.41) is 0. The van der Waals surface area contributed by atoms with Crippen LogP contribution in [0.5, 0.6) is 0 Å². The lowest BCUT2D eigenvalue weighted by molar-refractivity contribution is -0.151. The largest absolute Gasteiger partial charge is 0.469 e. The van der Waals surface area contributed by atoms with Gasteiger partial charge < -0.3 is 9.47 Å². The predicted octanol–water partition coefficient (Wildman–Crippen LogP) is 2.20. The van der Waals surface area contributed by atoms with Crippen LogP contribution < -0.4 is 0 Å². The second kappa shape index (κ2) is 6.92. The van der Waals surface area contributed by atoms with Crippen molar-refractivity contribution < 1.29 is 19.1 Å². The lowest BCUT2D eigenvalue weighted by atomic mass is 9.94. The van der Waals surface area contributed by atoms with Gasteiger partial charge >= 0.3 is 11.9 Å². The predicted molar refractivity (Wildman–Crippen MR) is 71.8 cm³/mol. The van der Waals surface area contributed by atoms with Gasteiger partial charge in [-0.15, -0.1) is 0 Å². The molecule has 1 rings (SSSR count). The lowest BCUT2D eigenvalue weighted by Gasteiger charge is -2.14. The summed E-state index contributed by atoms with van der Waals surface area (Å²) in [5.41, 5.74) is 3.30. The highest BCUT2D eigenvalue weighted by Crippen LogP contribution is 2.17. The van der Waals surface area contributed by atoms with Crippen molar-refractivity contribution in [2.45, 2.75) is 26.7 Å². The van der Waals surface area contributed by atoms with Crippen LogP contribution in [0, 0.1) is 19.8 Å². The normalized spacial score (nSPS) is 11.8. The number of hydrogen-bond donors (Lipinski definition) is 0. The Balaban J connectivity index is 2.87. The molecule has 1 aromatic carbocycles. The van der Waals surface area contributed by atoms with E-state index in [0.29, 0.717) is 6.42 Å². The van der Waals surface area contributed by atoms with Crippen LogP contribution in [0.1, 0.15) is 23.1 Å². The Kier molecular flexibility index (Phi) is 5.55. The Bertz CT molecular complexity index is 445. The molecule has 0 heterocycles. The van der Waals surface area contributed by atoms with E-state index in [1.54, 1.807) is 0 Å². The van der Waals surface area contributed by atoms with Gasteiger partial charge in [0.2, 0.25) is 0 Å². The molecule has 4 nitrogen and oxygen atoms in total. The third kappa shape index (κ3) is 4.73. The van der Waals surface area contributed by atoms with E-state index in [1.807, 2.05) is 26.0 Å². The van der Waals surface area contributed by atoms with E-state index in [0.717, 1.165) is 16.7 Å². The highest BCUT2D eigenvalue weighted by molar-refractivity contribution is 5.80. The van der Waals surface area contributed by atoms with Gasteiger partial charge in [0.25, 0.3) is 0 Å². The van der Waals surface area contributed by atoms with Crippen molar-refractivity contribution in [3.63, 3.8) is 0 Å². The number of ether oxygens (including phenoxy) is 2. The van der Waals surface area contributed by atoms with Crippen molar-refractivity contribution in [1.29, 1.82) is 0 Å². The second-order valence-corrected chi connectivity index (χ2v) is 4.70. The van der Waals surface area contributed by atoms with Gasteiger partial charge in [-0.2, -0.15) is 0 Å². The van der Waals surface area contributed by atoms with E-state index in [9.17, 15) is 9.59 Å². The van der Waals surface area contributed by atoms with Crippen molar-refractivity contribution in [3.8, 4) is 0 Å². The summed E-state index contributed by atoms with van der Waals surface area (Å²) in [6.07, 6.45) is 0.514. The molecule has 0 spiro atoms. The molecule has 0 saturated heterocycles. The molecule has 1 unspecified atom stereocenters. The van der Waals surface area contributed by atoms with Crippen LogP contribution in [0.15, 0.2) is 18.2 Å². The molecule has 1 aromatic rings. The number of carbonyl (C=O) groups is 2. The van der Waals surface area contributed by atoms with Crippen LogP contribution in [0.4, 0.5) is 0 Å². The number of aryl methyl sites for hydroxylation is 2. The maximum atomic E-state index is 11.7. The minimum absolute atomic E-state index is 0.0379. The quantitative estimate of drug-likeness (QED) is 0.765. The summed E-state index contributed by atoms with van der Waals surface area (Å²) in [7, 11) is 2.64. The first kappa shape index (κ1) is 15.2. The van der Waals surface area contributed by atoms with Gasteiger partial charge in [-0.25, -0.2) is 0 Å². The zero-order valence-corrected chi connectivity index (χ0v) is 11.9. The Morgan fingerprint density at radius 2 is 1.63 bits per heavy atom. The molecule has 0 bridgehead atoms. The first-order valence-corrected chi connectivity index (χ1v) is 6.18. The average molecular weight is 264 g/mol. The van der Waals surface area contributed by atoms with Gasteiger partial charge in [-0.3, -0.25) is 9.59 Å². The Morgan fingerprint density at radius 3 is 2.11 bits per heavy atom. The van der Waals surface area contributed by atoms with Gasteiger partial charge in [0.1, 0.15) is 0 Å². The molecule has 0 fully saturated rings. The van der Waals surface area contributed by atoms with Crippen molar-refractivity contribution >= 4 is 11.9 Å². The van der Waals surface area contributed by atoms with Crippen LogP contribution in [-0.4, -0.2) is 26.2 Å². The lowest BCUT2D eigenvalue weighted by Crippen LogP contribution is -2.22. The average Bonchev–Trinajstić information content (AvgIpc) is 2.35. The number of hydrogen-bond acceptors (Lipinski definition) is 4. The first-order valence-electron chi connectivity index (χ1n) is 6.18. The third-order valence-corrected chi connectivity index (χ3v) is 2.94. The van der Waals surface area contributed by atoms with Crippen molar-refractivity contribution in [2.24, 2.45) is 5.92 Å². The molecule has 0 aromatic heterocycles.